The van der Waals surface area contributed by atoms with E-state index < -0.39 is 9.84 Å². The molecule has 132 valence electrons. The zero-order valence-electron chi connectivity index (χ0n) is 14.2. The monoisotopic (exact) mass is 382 g/mol. The second-order valence-electron chi connectivity index (χ2n) is 5.46. The standard InChI is InChI=1S/C21H18O3S2/c1-24-18-14-12-17(13-15-18)21(16-25-19-8-4-2-5-9-19)26(22,23)20-10-6-3-7-11-20/h2-16H,1H3/b21-16+. The SMILES string of the molecule is COc1ccc(/C(=C\Sc2ccccc2)S(=O)(=O)c2ccccc2)cc1. The summed E-state index contributed by atoms with van der Waals surface area (Å²) in [5.41, 5.74) is 0.623. The summed E-state index contributed by atoms with van der Waals surface area (Å²) < 4.78 is 31.6. The van der Waals surface area contributed by atoms with Crippen LogP contribution >= 0.6 is 11.8 Å². The Morgan fingerprint density at radius 1 is 0.846 bits per heavy atom. The van der Waals surface area contributed by atoms with Crippen LogP contribution in [0.5, 0.6) is 5.75 Å². The molecule has 0 saturated heterocycles. The molecule has 5 heteroatoms. The molecule has 0 saturated carbocycles. The van der Waals surface area contributed by atoms with Gasteiger partial charge in [0.2, 0.25) is 9.84 Å². The van der Waals surface area contributed by atoms with E-state index in [-0.39, 0.29) is 9.80 Å². The van der Waals surface area contributed by atoms with Crippen LogP contribution in [0.1, 0.15) is 5.56 Å². The molecule has 0 aliphatic heterocycles. The van der Waals surface area contributed by atoms with Crippen molar-refractivity contribution in [3.05, 3.63) is 95.9 Å². The molecular weight excluding hydrogens is 364 g/mol. The number of methoxy groups -OCH3 is 1. The minimum atomic E-state index is -3.64. The molecule has 0 atom stereocenters. The topological polar surface area (TPSA) is 43.4 Å². The van der Waals surface area contributed by atoms with Gasteiger partial charge < -0.3 is 4.74 Å². The molecule has 3 nitrogen and oxygen atoms in total. The van der Waals surface area contributed by atoms with Gasteiger partial charge in [-0.3, -0.25) is 0 Å². The zero-order valence-corrected chi connectivity index (χ0v) is 15.8. The molecule has 3 aromatic carbocycles. The molecule has 0 radical (unpaired) electrons. The van der Waals surface area contributed by atoms with Crippen LogP contribution in [0.2, 0.25) is 0 Å². The van der Waals surface area contributed by atoms with Crippen molar-refractivity contribution in [3.63, 3.8) is 0 Å². The van der Waals surface area contributed by atoms with Crippen LogP contribution in [0.4, 0.5) is 0 Å². The third kappa shape index (κ3) is 4.18. The first kappa shape index (κ1) is 18.3. The Kier molecular flexibility index (Phi) is 5.81. The van der Waals surface area contributed by atoms with E-state index in [1.807, 2.05) is 30.3 Å². The quantitative estimate of drug-likeness (QED) is 0.546. The van der Waals surface area contributed by atoms with E-state index >= 15 is 0 Å². The number of sulfone groups is 1. The van der Waals surface area contributed by atoms with Crippen molar-refractivity contribution in [1.29, 1.82) is 0 Å². The molecule has 0 aliphatic rings. The van der Waals surface area contributed by atoms with E-state index in [0.29, 0.717) is 11.3 Å². The summed E-state index contributed by atoms with van der Waals surface area (Å²) in [5, 5.41) is 1.69. The van der Waals surface area contributed by atoms with E-state index in [1.165, 1.54) is 11.8 Å². The fourth-order valence-electron chi connectivity index (χ4n) is 2.39. The zero-order chi connectivity index (χ0) is 18.4. The Balaban J connectivity index is 2.06. The van der Waals surface area contributed by atoms with E-state index in [4.69, 9.17) is 4.74 Å². The Bertz CT molecular complexity index is 978. The number of hydrogen-bond donors (Lipinski definition) is 0. The number of rotatable bonds is 6. The van der Waals surface area contributed by atoms with Crippen molar-refractivity contribution in [3.8, 4) is 5.75 Å². The minimum absolute atomic E-state index is 0.264. The first-order valence-corrected chi connectivity index (χ1v) is 10.3. The fraction of sp³-hybridized carbons (Fsp3) is 0.0476. The molecule has 0 fully saturated rings. The first-order valence-electron chi connectivity index (χ1n) is 7.98. The second-order valence-corrected chi connectivity index (χ2v) is 8.32. The number of ether oxygens (including phenoxy) is 1. The molecule has 0 N–H and O–H groups in total. The Hall–Kier alpha value is -2.50. The summed E-state index contributed by atoms with van der Waals surface area (Å²) in [4.78, 5) is 1.51. The molecule has 0 bridgehead atoms. The largest absolute Gasteiger partial charge is 0.497 e. The maximum atomic E-state index is 13.2. The van der Waals surface area contributed by atoms with Crippen molar-refractivity contribution < 1.29 is 13.2 Å². The Morgan fingerprint density at radius 2 is 1.42 bits per heavy atom. The van der Waals surface area contributed by atoms with E-state index in [9.17, 15) is 8.42 Å². The van der Waals surface area contributed by atoms with Crippen molar-refractivity contribution in [2.24, 2.45) is 0 Å². The van der Waals surface area contributed by atoms with Gasteiger partial charge in [0.05, 0.1) is 16.9 Å². The Morgan fingerprint density at radius 3 is 2.00 bits per heavy atom. The second kappa shape index (κ2) is 8.25. The summed E-state index contributed by atoms with van der Waals surface area (Å²) in [6, 6.07) is 25.2. The lowest BCUT2D eigenvalue weighted by molar-refractivity contribution is 0.415. The van der Waals surface area contributed by atoms with Gasteiger partial charge in [-0.2, -0.15) is 0 Å². The summed E-state index contributed by atoms with van der Waals surface area (Å²) in [6.07, 6.45) is 0. The molecule has 3 aromatic rings. The fourth-order valence-corrected chi connectivity index (χ4v) is 4.95. The van der Waals surface area contributed by atoms with Gasteiger partial charge in [-0.15, -0.1) is 0 Å². The van der Waals surface area contributed by atoms with Crippen molar-refractivity contribution in [2.45, 2.75) is 9.79 Å². The predicted octanol–water partition coefficient (Wildman–Crippen LogP) is 5.26. The van der Waals surface area contributed by atoms with Crippen LogP contribution in [0.15, 0.2) is 100 Å². The maximum Gasteiger partial charge on any atom is 0.207 e. The van der Waals surface area contributed by atoms with Gasteiger partial charge in [0.1, 0.15) is 5.75 Å². The molecule has 0 spiro atoms. The molecule has 0 unspecified atom stereocenters. The molecule has 26 heavy (non-hydrogen) atoms. The summed E-state index contributed by atoms with van der Waals surface area (Å²) in [7, 11) is -2.06. The van der Waals surface area contributed by atoms with Gasteiger partial charge >= 0.3 is 0 Å². The van der Waals surface area contributed by atoms with Crippen LogP contribution in [0.3, 0.4) is 0 Å². The highest BCUT2D eigenvalue weighted by Gasteiger charge is 2.22. The highest BCUT2D eigenvalue weighted by atomic mass is 32.2. The van der Waals surface area contributed by atoms with E-state index in [2.05, 4.69) is 0 Å². The van der Waals surface area contributed by atoms with Gasteiger partial charge in [-0.05, 0) is 59.5 Å². The summed E-state index contributed by atoms with van der Waals surface area (Å²) in [6.45, 7) is 0. The summed E-state index contributed by atoms with van der Waals surface area (Å²) in [5.74, 6) is 0.681. The lowest BCUT2D eigenvalue weighted by Gasteiger charge is -2.11. The van der Waals surface area contributed by atoms with Gasteiger partial charge in [0.25, 0.3) is 0 Å². The van der Waals surface area contributed by atoms with E-state index in [1.54, 1.807) is 67.1 Å². The van der Waals surface area contributed by atoms with Gasteiger partial charge in [0, 0.05) is 4.90 Å². The highest BCUT2D eigenvalue weighted by Crippen LogP contribution is 2.33. The summed E-state index contributed by atoms with van der Waals surface area (Å²) >= 11 is 1.38. The third-order valence-corrected chi connectivity index (χ3v) is 6.64. The van der Waals surface area contributed by atoms with E-state index in [0.717, 1.165) is 4.90 Å². The predicted molar refractivity (Wildman–Crippen MR) is 107 cm³/mol. The lowest BCUT2D eigenvalue weighted by atomic mass is 10.2. The molecule has 3 rings (SSSR count). The maximum absolute atomic E-state index is 13.2. The molecule has 0 heterocycles. The van der Waals surface area contributed by atoms with Crippen molar-refractivity contribution >= 4 is 26.5 Å². The Labute approximate surface area is 158 Å². The normalized spacial score (nSPS) is 12.0. The molecular formula is C21H18O3S2. The molecule has 0 aliphatic carbocycles. The van der Waals surface area contributed by atoms with Crippen LogP contribution in [-0.4, -0.2) is 15.5 Å². The average Bonchev–Trinajstić information content (AvgIpc) is 2.70. The van der Waals surface area contributed by atoms with Gasteiger partial charge in [0.15, 0.2) is 0 Å². The van der Waals surface area contributed by atoms with Crippen molar-refractivity contribution in [2.75, 3.05) is 7.11 Å². The molecule has 0 aromatic heterocycles. The number of benzene rings is 3. The third-order valence-electron chi connectivity index (χ3n) is 3.76. The number of thioether (sulfide) groups is 1. The van der Waals surface area contributed by atoms with Crippen LogP contribution in [0.25, 0.3) is 4.91 Å². The van der Waals surface area contributed by atoms with Crippen LogP contribution in [-0.2, 0) is 9.84 Å². The number of hydrogen-bond acceptors (Lipinski definition) is 4. The minimum Gasteiger partial charge on any atom is -0.497 e. The highest BCUT2D eigenvalue weighted by molar-refractivity contribution is 8.05. The smallest absolute Gasteiger partial charge is 0.207 e. The van der Waals surface area contributed by atoms with Gasteiger partial charge in [-0.1, -0.05) is 48.2 Å². The van der Waals surface area contributed by atoms with Crippen molar-refractivity contribution in [1.82, 2.24) is 0 Å². The van der Waals surface area contributed by atoms with Crippen LogP contribution < -0.4 is 4.74 Å². The molecule has 0 amide bonds. The lowest BCUT2D eigenvalue weighted by Crippen LogP contribution is -2.04. The average molecular weight is 383 g/mol. The van der Waals surface area contributed by atoms with Crippen LogP contribution in [0, 0.1) is 0 Å². The van der Waals surface area contributed by atoms with Gasteiger partial charge in [-0.25, -0.2) is 8.42 Å². The first-order chi connectivity index (χ1) is 12.6.